The molecule has 1 aromatic carbocycles. The Labute approximate surface area is 164 Å². The van der Waals surface area contributed by atoms with Crippen molar-refractivity contribution in [2.45, 2.75) is 32.2 Å². The first-order chi connectivity index (χ1) is 13.4. The van der Waals surface area contributed by atoms with E-state index in [0.29, 0.717) is 12.5 Å². The van der Waals surface area contributed by atoms with Crippen molar-refractivity contribution in [2.75, 3.05) is 6.54 Å². The van der Waals surface area contributed by atoms with Crippen molar-refractivity contribution >= 4 is 17.7 Å². The van der Waals surface area contributed by atoms with Crippen LogP contribution in [0.25, 0.3) is 0 Å². The van der Waals surface area contributed by atoms with Crippen LogP contribution in [0.3, 0.4) is 0 Å². The largest absolute Gasteiger partial charge is 0.327 e. The molecule has 28 heavy (non-hydrogen) atoms. The van der Waals surface area contributed by atoms with Gasteiger partial charge in [-0.15, -0.1) is 0 Å². The fourth-order valence-electron chi connectivity index (χ4n) is 3.53. The molecule has 1 aliphatic heterocycles. The number of amides is 3. The van der Waals surface area contributed by atoms with Gasteiger partial charge in [0.1, 0.15) is 0 Å². The average molecular weight is 380 g/mol. The van der Waals surface area contributed by atoms with Crippen LogP contribution in [0.4, 0.5) is 0 Å². The van der Waals surface area contributed by atoms with Gasteiger partial charge < -0.3 is 4.90 Å². The Bertz CT molecular complexity index is 856. The van der Waals surface area contributed by atoms with E-state index in [0.717, 1.165) is 18.4 Å². The quantitative estimate of drug-likeness (QED) is 0.616. The maximum Gasteiger partial charge on any atom is 0.327 e. The zero-order chi connectivity index (χ0) is 20.1. The second-order valence-corrected chi connectivity index (χ2v) is 7.35. The van der Waals surface area contributed by atoms with E-state index in [1.165, 1.54) is 6.20 Å². The van der Waals surface area contributed by atoms with Crippen molar-refractivity contribution in [2.24, 2.45) is 5.92 Å². The summed E-state index contributed by atoms with van der Waals surface area (Å²) in [6.07, 6.45) is 4.65. The lowest BCUT2D eigenvalue weighted by molar-refractivity contribution is -0.153. The van der Waals surface area contributed by atoms with Crippen molar-refractivity contribution in [3.8, 4) is 0 Å². The van der Waals surface area contributed by atoms with Crippen LogP contribution in [0, 0.1) is 5.92 Å². The summed E-state index contributed by atoms with van der Waals surface area (Å²) in [5, 5.41) is 0. The summed E-state index contributed by atoms with van der Waals surface area (Å²) in [7, 11) is 0. The highest BCUT2D eigenvalue weighted by atomic mass is 16.2. The van der Waals surface area contributed by atoms with Crippen molar-refractivity contribution < 1.29 is 14.4 Å². The average Bonchev–Trinajstić information content (AvgIpc) is 2.74. The first-order valence-corrected chi connectivity index (χ1v) is 9.29. The predicted octanol–water partition coefficient (Wildman–Crippen LogP) is 2.02. The minimum Gasteiger partial charge on any atom is -0.325 e. The molecule has 2 atom stereocenters. The van der Waals surface area contributed by atoms with Crippen LogP contribution in [0.1, 0.15) is 42.6 Å². The molecular weight excluding hydrogens is 356 g/mol. The summed E-state index contributed by atoms with van der Waals surface area (Å²) < 4.78 is 0. The lowest BCUT2D eigenvalue weighted by Crippen LogP contribution is -2.58. The number of carbonyl (C=O) groups excluding carboxylic acids is 3. The molecule has 2 aromatic rings. The predicted molar refractivity (Wildman–Crippen MR) is 104 cm³/mol. The molecular formula is C21H24N4O3. The first-order valence-electron chi connectivity index (χ1n) is 9.29. The van der Waals surface area contributed by atoms with Gasteiger partial charge >= 0.3 is 11.8 Å². The zero-order valence-corrected chi connectivity index (χ0v) is 16.0. The third kappa shape index (κ3) is 4.03. The highest BCUT2D eigenvalue weighted by Crippen LogP contribution is 2.39. The van der Waals surface area contributed by atoms with Crippen LogP contribution in [0.15, 0.2) is 54.9 Å². The van der Waals surface area contributed by atoms with E-state index in [-0.39, 0.29) is 5.56 Å². The van der Waals surface area contributed by atoms with E-state index < -0.39 is 23.3 Å². The lowest BCUT2D eigenvalue weighted by Gasteiger charge is -2.47. The smallest absolute Gasteiger partial charge is 0.325 e. The van der Waals surface area contributed by atoms with Crippen LogP contribution < -0.4 is 10.9 Å². The van der Waals surface area contributed by atoms with Gasteiger partial charge in [-0.3, -0.25) is 30.2 Å². The number of aromatic nitrogens is 1. The second kappa shape index (κ2) is 8.21. The Balaban J connectivity index is 1.73. The molecule has 2 N–H and O–H groups in total. The molecule has 146 valence electrons. The highest BCUT2D eigenvalue weighted by Gasteiger charge is 2.42. The van der Waals surface area contributed by atoms with E-state index in [9.17, 15) is 14.4 Å². The molecule has 0 bridgehead atoms. The van der Waals surface area contributed by atoms with E-state index in [1.807, 2.05) is 37.3 Å². The number of nitrogens with zero attached hydrogens (tertiary/aromatic N) is 2. The summed E-state index contributed by atoms with van der Waals surface area (Å²) in [5.74, 6) is -1.77. The zero-order valence-electron chi connectivity index (χ0n) is 16.0. The summed E-state index contributed by atoms with van der Waals surface area (Å²) >= 11 is 0. The highest BCUT2D eigenvalue weighted by molar-refractivity contribution is 6.35. The third-order valence-electron chi connectivity index (χ3n) is 5.26. The number of likely N-dealkylation sites (tertiary alicyclic amines) is 1. The molecule has 3 amide bonds. The maximum atomic E-state index is 12.9. The van der Waals surface area contributed by atoms with Crippen molar-refractivity contribution in [3.63, 3.8) is 0 Å². The topological polar surface area (TPSA) is 91.4 Å². The molecule has 0 aliphatic carbocycles. The van der Waals surface area contributed by atoms with Gasteiger partial charge in [0.05, 0.1) is 11.1 Å². The molecule has 0 saturated carbocycles. The third-order valence-corrected chi connectivity index (χ3v) is 5.26. The molecule has 0 spiro atoms. The first kappa shape index (κ1) is 19.5. The second-order valence-electron chi connectivity index (χ2n) is 7.35. The fourth-order valence-corrected chi connectivity index (χ4v) is 3.53. The molecule has 3 rings (SSSR count). The number of hydrogen-bond acceptors (Lipinski definition) is 4. The maximum absolute atomic E-state index is 12.9. The Hall–Kier alpha value is -3.22. The molecule has 1 saturated heterocycles. The van der Waals surface area contributed by atoms with Gasteiger partial charge in [-0.2, -0.15) is 0 Å². The Morgan fingerprint density at radius 3 is 2.54 bits per heavy atom. The molecule has 7 heteroatoms. The van der Waals surface area contributed by atoms with E-state index in [1.54, 1.807) is 23.2 Å². The normalized spacial score (nSPS) is 21.6. The van der Waals surface area contributed by atoms with Crippen LogP contribution in [0.5, 0.6) is 0 Å². The van der Waals surface area contributed by atoms with Crippen LogP contribution in [-0.4, -0.2) is 34.2 Å². The number of hydrogen-bond donors (Lipinski definition) is 2. The van der Waals surface area contributed by atoms with E-state index >= 15 is 0 Å². The van der Waals surface area contributed by atoms with E-state index in [2.05, 4.69) is 22.8 Å². The SMILES string of the molecule is CC1CCC(C)(c2ccccc2)N(C(=O)C(=O)NNC(=O)c2cccnc2)C1. The van der Waals surface area contributed by atoms with Crippen LogP contribution in [0.2, 0.25) is 0 Å². The minimum atomic E-state index is -0.867. The Morgan fingerprint density at radius 2 is 1.86 bits per heavy atom. The monoisotopic (exact) mass is 380 g/mol. The lowest BCUT2D eigenvalue weighted by atomic mass is 9.79. The summed E-state index contributed by atoms with van der Waals surface area (Å²) in [6.45, 7) is 4.52. The molecule has 2 unspecified atom stereocenters. The molecule has 1 aliphatic rings. The number of benzene rings is 1. The number of nitrogens with one attached hydrogen (secondary N) is 2. The van der Waals surface area contributed by atoms with Crippen LogP contribution in [-0.2, 0) is 15.1 Å². The molecule has 0 radical (unpaired) electrons. The fraction of sp³-hybridized carbons (Fsp3) is 0.333. The van der Waals surface area contributed by atoms with Gasteiger partial charge in [-0.1, -0.05) is 37.3 Å². The standard InChI is InChI=1S/C21H24N4O3/c1-15-10-11-21(2,17-8-4-3-5-9-17)25(14-15)20(28)19(27)24-23-18(26)16-7-6-12-22-13-16/h3-9,12-13,15H,10-11,14H2,1-2H3,(H,23,26)(H,24,27). The number of pyridine rings is 1. The van der Waals surface area contributed by atoms with Gasteiger partial charge in [-0.05, 0) is 43.4 Å². The van der Waals surface area contributed by atoms with Crippen molar-refractivity contribution in [3.05, 3.63) is 66.0 Å². The van der Waals surface area contributed by atoms with Gasteiger partial charge in [0.25, 0.3) is 5.91 Å². The van der Waals surface area contributed by atoms with Crippen molar-refractivity contribution in [1.82, 2.24) is 20.7 Å². The number of hydrazine groups is 1. The van der Waals surface area contributed by atoms with Gasteiger partial charge in [0, 0.05) is 18.9 Å². The van der Waals surface area contributed by atoms with E-state index in [4.69, 9.17) is 0 Å². The van der Waals surface area contributed by atoms with Crippen LogP contribution >= 0.6 is 0 Å². The molecule has 2 heterocycles. The molecule has 7 nitrogen and oxygen atoms in total. The van der Waals surface area contributed by atoms with Crippen molar-refractivity contribution in [1.29, 1.82) is 0 Å². The summed E-state index contributed by atoms with van der Waals surface area (Å²) in [6, 6.07) is 12.9. The number of rotatable bonds is 2. The molecule has 1 fully saturated rings. The molecule has 1 aromatic heterocycles. The Morgan fingerprint density at radius 1 is 1.11 bits per heavy atom. The Kier molecular flexibility index (Phi) is 5.73. The van der Waals surface area contributed by atoms with Gasteiger partial charge in [0.15, 0.2) is 0 Å². The minimum absolute atomic E-state index is 0.288. The summed E-state index contributed by atoms with van der Waals surface area (Å²) in [5.41, 5.74) is 5.20. The number of carbonyl (C=O) groups is 3. The van der Waals surface area contributed by atoms with Gasteiger partial charge in [0.2, 0.25) is 0 Å². The van der Waals surface area contributed by atoms with Gasteiger partial charge in [-0.25, -0.2) is 0 Å². The number of piperidine rings is 1. The summed E-state index contributed by atoms with van der Waals surface area (Å²) in [4.78, 5) is 42.9.